The van der Waals surface area contributed by atoms with Crippen molar-refractivity contribution in [2.24, 2.45) is 0 Å². The number of ether oxygens (including phenoxy) is 1. The summed E-state index contributed by atoms with van der Waals surface area (Å²) in [6.07, 6.45) is 6.87. The lowest BCUT2D eigenvalue weighted by Crippen LogP contribution is -2.29. The minimum absolute atomic E-state index is 0.0207. The number of rotatable bonds is 7. The van der Waals surface area contributed by atoms with E-state index in [4.69, 9.17) is 4.74 Å². The number of hydrogen-bond donors (Lipinski definition) is 2. The van der Waals surface area contributed by atoms with E-state index in [1.807, 2.05) is 37.3 Å². The number of fused-ring (bicyclic) bond motifs is 1. The Morgan fingerprint density at radius 1 is 1.21 bits per heavy atom. The van der Waals surface area contributed by atoms with Crippen LogP contribution in [0, 0.1) is 11.3 Å². The van der Waals surface area contributed by atoms with Gasteiger partial charge in [0.25, 0.3) is 5.91 Å². The van der Waals surface area contributed by atoms with Crippen LogP contribution in [0.5, 0.6) is 5.75 Å². The van der Waals surface area contributed by atoms with Crippen LogP contribution in [-0.4, -0.2) is 13.0 Å². The fourth-order valence-electron chi connectivity index (χ4n) is 3.69. The molecule has 3 rings (SSSR count). The maximum absolute atomic E-state index is 12.7. The van der Waals surface area contributed by atoms with Crippen LogP contribution in [0.25, 0.3) is 0 Å². The van der Waals surface area contributed by atoms with Crippen molar-refractivity contribution in [3.8, 4) is 11.8 Å². The number of hydrogen-bond acceptors (Lipinski definition) is 4. The highest BCUT2D eigenvalue weighted by atomic mass is 16.5. The van der Waals surface area contributed by atoms with Crippen LogP contribution in [0.15, 0.2) is 54.2 Å². The second-order valence-electron chi connectivity index (χ2n) is 7.18. The van der Waals surface area contributed by atoms with Gasteiger partial charge in [-0.3, -0.25) is 4.79 Å². The molecule has 0 spiro atoms. The maximum atomic E-state index is 12.7. The number of aryl methyl sites for hydroxylation is 2. The number of carbonyl (C=O) groups excluding carboxylic acids is 1. The first-order chi connectivity index (χ1) is 14.2. The summed E-state index contributed by atoms with van der Waals surface area (Å²) in [7, 11) is 1.58. The zero-order valence-corrected chi connectivity index (χ0v) is 17.0. The summed E-state index contributed by atoms with van der Waals surface area (Å²) >= 11 is 0. The first kappa shape index (κ1) is 20.5. The molecule has 0 saturated carbocycles. The first-order valence-electron chi connectivity index (χ1n) is 10.1. The molecule has 0 radical (unpaired) electrons. The van der Waals surface area contributed by atoms with Gasteiger partial charge in [-0.2, -0.15) is 5.26 Å². The summed E-state index contributed by atoms with van der Waals surface area (Å²) in [5, 5.41) is 15.5. The van der Waals surface area contributed by atoms with Gasteiger partial charge in [-0.1, -0.05) is 37.3 Å². The number of para-hydroxylation sites is 2. The molecule has 29 heavy (non-hydrogen) atoms. The molecule has 0 saturated heterocycles. The van der Waals surface area contributed by atoms with Gasteiger partial charge in [0.05, 0.1) is 18.8 Å². The van der Waals surface area contributed by atoms with Gasteiger partial charge in [0.1, 0.15) is 17.4 Å². The molecule has 1 atom stereocenters. The third-order valence-electron chi connectivity index (χ3n) is 5.33. The fraction of sp³-hybridized carbons (Fsp3) is 0.333. The average molecular weight is 389 g/mol. The van der Waals surface area contributed by atoms with Crippen LogP contribution >= 0.6 is 0 Å². The Labute approximate surface area is 172 Å². The molecule has 2 aromatic rings. The van der Waals surface area contributed by atoms with Gasteiger partial charge in [-0.25, -0.2) is 0 Å². The highest BCUT2D eigenvalue weighted by molar-refractivity contribution is 5.97. The number of nitrogens with one attached hydrogen (secondary N) is 2. The Morgan fingerprint density at radius 3 is 2.69 bits per heavy atom. The van der Waals surface area contributed by atoms with Gasteiger partial charge in [0, 0.05) is 6.20 Å². The molecular weight excluding hydrogens is 362 g/mol. The average Bonchev–Trinajstić information content (AvgIpc) is 2.77. The lowest BCUT2D eigenvalue weighted by molar-refractivity contribution is -0.117. The van der Waals surface area contributed by atoms with Crippen molar-refractivity contribution in [3.63, 3.8) is 0 Å². The Bertz CT molecular complexity index is 943. The number of anilines is 1. The molecule has 1 aliphatic rings. The molecule has 1 aliphatic carbocycles. The van der Waals surface area contributed by atoms with E-state index >= 15 is 0 Å². The van der Waals surface area contributed by atoms with E-state index in [-0.39, 0.29) is 17.5 Å². The highest BCUT2D eigenvalue weighted by Gasteiger charge is 2.18. The van der Waals surface area contributed by atoms with Crippen LogP contribution in [0.4, 0.5) is 5.69 Å². The summed E-state index contributed by atoms with van der Waals surface area (Å²) in [5.74, 6) is 0.251. The Kier molecular flexibility index (Phi) is 6.91. The summed E-state index contributed by atoms with van der Waals surface area (Å²) in [6, 6.07) is 15.7. The second kappa shape index (κ2) is 9.79. The monoisotopic (exact) mass is 389 g/mol. The topological polar surface area (TPSA) is 74.2 Å². The number of nitriles is 1. The third kappa shape index (κ3) is 4.97. The predicted octanol–water partition coefficient (Wildman–Crippen LogP) is 4.66. The minimum Gasteiger partial charge on any atom is -0.495 e. The van der Waals surface area contributed by atoms with Crippen molar-refractivity contribution >= 4 is 11.6 Å². The van der Waals surface area contributed by atoms with Crippen molar-refractivity contribution in [2.45, 2.75) is 45.1 Å². The molecule has 0 aliphatic heterocycles. The third-order valence-corrected chi connectivity index (χ3v) is 5.33. The molecule has 0 aromatic heterocycles. The SMILES string of the molecule is CCC(NC(=O)/C(C#N)=C\Nc1ccccc1OC)c1ccc2c(c1)CCCC2. The molecule has 1 unspecified atom stereocenters. The standard InChI is InChI=1S/C24H27N3O2/c1-3-21(19-13-12-17-8-4-5-9-18(17)14-19)27-24(28)20(15-25)16-26-22-10-6-7-11-23(22)29-2/h6-7,10-14,16,21,26H,3-5,8-9H2,1-2H3,(H,27,28)/b20-16-. The van der Waals surface area contributed by atoms with Crippen LogP contribution in [0.3, 0.4) is 0 Å². The van der Waals surface area contributed by atoms with E-state index in [0.29, 0.717) is 11.4 Å². The van der Waals surface area contributed by atoms with E-state index in [2.05, 4.69) is 28.8 Å². The Balaban J connectivity index is 1.73. The number of carbonyl (C=O) groups is 1. The fourth-order valence-corrected chi connectivity index (χ4v) is 3.69. The van der Waals surface area contributed by atoms with Crippen LogP contribution in [0.2, 0.25) is 0 Å². The van der Waals surface area contributed by atoms with Crippen LogP contribution in [0.1, 0.15) is 48.9 Å². The van der Waals surface area contributed by atoms with Crippen molar-refractivity contribution in [1.82, 2.24) is 5.32 Å². The largest absolute Gasteiger partial charge is 0.495 e. The maximum Gasteiger partial charge on any atom is 0.263 e. The molecule has 2 aromatic carbocycles. The van der Waals surface area contributed by atoms with Crippen molar-refractivity contribution in [2.75, 3.05) is 12.4 Å². The van der Waals surface area contributed by atoms with E-state index in [0.717, 1.165) is 24.8 Å². The predicted molar refractivity (Wildman–Crippen MR) is 115 cm³/mol. The molecule has 0 bridgehead atoms. The lowest BCUT2D eigenvalue weighted by Gasteiger charge is -2.21. The Hall–Kier alpha value is -3.26. The lowest BCUT2D eigenvalue weighted by atomic mass is 9.88. The molecular formula is C24H27N3O2. The van der Waals surface area contributed by atoms with Crippen molar-refractivity contribution in [3.05, 3.63) is 70.9 Å². The summed E-state index contributed by atoms with van der Waals surface area (Å²) in [4.78, 5) is 12.7. The number of nitrogens with zero attached hydrogens (tertiary/aromatic N) is 1. The second-order valence-corrected chi connectivity index (χ2v) is 7.18. The van der Waals surface area contributed by atoms with Crippen LogP contribution in [-0.2, 0) is 17.6 Å². The quantitative estimate of drug-likeness (QED) is 0.533. The van der Waals surface area contributed by atoms with Gasteiger partial charge in [0.2, 0.25) is 0 Å². The molecule has 5 nitrogen and oxygen atoms in total. The van der Waals surface area contributed by atoms with Gasteiger partial charge < -0.3 is 15.4 Å². The van der Waals surface area contributed by atoms with Gasteiger partial charge >= 0.3 is 0 Å². The van der Waals surface area contributed by atoms with Crippen molar-refractivity contribution < 1.29 is 9.53 Å². The van der Waals surface area contributed by atoms with Crippen LogP contribution < -0.4 is 15.4 Å². The van der Waals surface area contributed by atoms with Gasteiger partial charge in [-0.15, -0.1) is 0 Å². The molecule has 5 heteroatoms. The van der Waals surface area contributed by atoms with E-state index in [1.54, 1.807) is 7.11 Å². The van der Waals surface area contributed by atoms with E-state index < -0.39 is 0 Å². The molecule has 0 heterocycles. The zero-order chi connectivity index (χ0) is 20.6. The number of amides is 1. The zero-order valence-electron chi connectivity index (χ0n) is 17.0. The Morgan fingerprint density at radius 2 is 1.97 bits per heavy atom. The highest BCUT2D eigenvalue weighted by Crippen LogP contribution is 2.26. The molecule has 150 valence electrons. The molecule has 0 fully saturated rings. The van der Waals surface area contributed by atoms with Gasteiger partial charge in [0.15, 0.2) is 0 Å². The first-order valence-corrected chi connectivity index (χ1v) is 10.1. The van der Waals surface area contributed by atoms with Gasteiger partial charge in [-0.05, 0) is 60.9 Å². The summed E-state index contributed by atoms with van der Waals surface area (Å²) in [6.45, 7) is 2.03. The number of benzene rings is 2. The molecule has 1 amide bonds. The van der Waals surface area contributed by atoms with E-state index in [1.165, 1.54) is 30.2 Å². The van der Waals surface area contributed by atoms with Crippen molar-refractivity contribution in [1.29, 1.82) is 5.26 Å². The minimum atomic E-state index is -0.389. The summed E-state index contributed by atoms with van der Waals surface area (Å²) < 4.78 is 5.28. The smallest absolute Gasteiger partial charge is 0.263 e. The normalized spacial score (nSPS) is 14.3. The molecule has 2 N–H and O–H groups in total. The van der Waals surface area contributed by atoms with E-state index in [9.17, 15) is 10.1 Å². The number of methoxy groups -OCH3 is 1. The summed E-state index contributed by atoms with van der Waals surface area (Å²) in [5.41, 5.74) is 4.61.